The lowest BCUT2D eigenvalue weighted by molar-refractivity contribution is -0.165. The van der Waals surface area contributed by atoms with Gasteiger partial charge in [-0.25, -0.2) is 4.79 Å². The number of hydrogen-bond acceptors (Lipinski definition) is 8. The van der Waals surface area contributed by atoms with Crippen LogP contribution in [0.1, 0.15) is 33.6 Å². The Labute approximate surface area is 146 Å². The van der Waals surface area contributed by atoms with Gasteiger partial charge in [0.2, 0.25) is 0 Å². The quantitative estimate of drug-likeness (QED) is 0.354. The molecule has 25 heavy (non-hydrogen) atoms. The summed E-state index contributed by atoms with van der Waals surface area (Å²) in [5.74, 6) is -1.34. The minimum Gasteiger partial charge on any atom is -0.463 e. The molecule has 5 unspecified atom stereocenters. The molecule has 3 aliphatic heterocycles. The maximum Gasteiger partial charge on any atom is 0.332 e. The molecule has 0 amide bonds. The summed E-state index contributed by atoms with van der Waals surface area (Å²) in [6, 6.07) is 0. The highest BCUT2D eigenvalue weighted by atomic mass is 16.7. The van der Waals surface area contributed by atoms with Gasteiger partial charge in [0.1, 0.15) is 19.3 Å². The Balaban J connectivity index is 1.33. The van der Waals surface area contributed by atoms with Gasteiger partial charge < -0.3 is 23.7 Å². The molecule has 3 aliphatic rings. The summed E-state index contributed by atoms with van der Waals surface area (Å²) in [5.41, 5.74) is -0.530. The molecular weight excluding hydrogens is 332 g/mol. The van der Waals surface area contributed by atoms with Gasteiger partial charge in [-0.15, -0.1) is 0 Å². The van der Waals surface area contributed by atoms with Crippen molar-refractivity contribution in [2.75, 3.05) is 19.8 Å². The number of carbonyl (C=O) groups excluding carboxylic acids is 3. The Hall–Kier alpha value is -1.67. The number of carbonyl (C=O) groups is 3. The summed E-state index contributed by atoms with van der Waals surface area (Å²) in [7, 11) is 0. The third-order valence-corrected chi connectivity index (χ3v) is 5.17. The van der Waals surface area contributed by atoms with Gasteiger partial charge in [0, 0.05) is 0 Å². The molecule has 5 atom stereocenters. The van der Waals surface area contributed by atoms with Crippen molar-refractivity contribution in [3.05, 3.63) is 0 Å². The lowest BCUT2D eigenvalue weighted by Gasteiger charge is -2.22. The van der Waals surface area contributed by atoms with Gasteiger partial charge in [0.15, 0.2) is 12.2 Å². The Morgan fingerprint density at radius 1 is 1.24 bits per heavy atom. The molecule has 2 bridgehead atoms. The highest BCUT2D eigenvalue weighted by Crippen LogP contribution is 2.47. The predicted octanol–water partition coefficient (Wildman–Crippen LogP) is 0.607. The second kappa shape index (κ2) is 6.92. The van der Waals surface area contributed by atoms with E-state index in [4.69, 9.17) is 23.7 Å². The smallest absolute Gasteiger partial charge is 0.332 e. The van der Waals surface area contributed by atoms with E-state index in [9.17, 15) is 14.4 Å². The van der Waals surface area contributed by atoms with Crippen LogP contribution in [0.5, 0.6) is 0 Å². The highest BCUT2D eigenvalue weighted by Gasteiger charge is 2.65. The van der Waals surface area contributed by atoms with Crippen LogP contribution in [0.3, 0.4) is 0 Å². The number of esters is 3. The zero-order valence-corrected chi connectivity index (χ0v) is 14.7. The molecule has 0 aliphatic carbocycles. The highest BCUT2D eigenvalue weighted by molar-refractivity contribution is 5.78. The molecule has 3 rings (SSSR count). The normalized spacial score (nSPS) is 32.6. The van der Waals surface area contributed by atoms with Crippen molar-refractivity contribution in [2.45, 2.75) is 58.0 Å². The molecule has 0 aromatic heterocycles. The largest absolute Gasteiger partial charge is 0.463 e. The first-order valence-corrected chi connectivity index (χ1v) is 8.64. The number of ether oxygens (including phenoxy) is 5. The van der Waals surface area contributed by atoms with Crippen LogP contribution >= 0.6 is 0 Å². The third kappa shape index (κ3) is 3.50. The first kappa shape index (κ1) is 18.1. The van der Waals surface area contributed by atoms with Gasteiger partial charge in [0.25, 0.3) is 0 Å². The topological polar surface area (TPSA) is 97.4 Å². The molecule has 0 saturated carbocycles. The third-order valence-electron chi connectivity index (χ3n) is 5.17. The molecule has 3 saturated heterocycles. The lowest BCUT2D eigenvalue weighted by atomic mass is 9.88. The average Bonchev–Trinajstić information content (AvgIpc) is 3.19. The second-order valence-electron chi connectivity index (χ2n) is 7.26. The van der Waals surface area contributed by atoms with Crippen LogP contribution in [0.4, 0.5) is 0 Å². The predicted molar refractivity (Wildman–Crippen MR) is 82.4 cm³/mol. The Kier molecular flexibility index (Phi) is 5.02. The zero-order chi connectivity index (χ0) is 18.2. The fourth-order valence-electron chi connectivity index (χ4n) is 3.26. The van der Waals surface area contributed by atoms with Crippen LogP contribution < -0.4 is 0 Å². The van der Waals surface area contributed by atoms with E-state index in [2.05, 4.69) is 0 Å². The van der Waals surface area contributed by atoms with Gasteiger partial charge in [-0.1, -0.05) is 6.92 Å². The van der Waals surface area contributed by atoms with E-state index in [0.717, 1.165) is 0 Å². The van der Waals surface area contributed by atoms with Crippen molar-refractivity contribution in [3.8, 4) is 0 Å². The molecule has 140 valence electrons. The van der Waals surface area contributed by atoms with Crippen LogP contribution in [0.2, 0.25) is 0 Å². The number of rotatable bonds is 8. The fraction of sp³-hybridized carbons (Fsp3) is 0.824. The zero-order valence-electron chi connectivity index (χ0n) is 14.7. The first-order chi connectivity index (χ1) is 11.8. The molecule has 0 radical (unpaired) electrons. The molecule has 8 heteroatoms. The number of hydrogen-bond donors (Lipinski definition) is 0. The molecule has 0 spiro atoms. The van der Waals surface area contributed by atoms with E-state index in [-0.39, 0.29) is 49.9 Å². The van der Waals surface area contributed by atoms with E-state index in [1.807, 2.05) is 20.8 Å². The van der Waals surface area contributed by atoms with Gasteiger partial charge in [-0.3, -0.25) is 9.59 Å². The second-order valence-corrected chi connectivity index (χ2v) is 7.26. The first-order valence-electron chi connectivity index (χ1n) is 8.64. The van der Waals surface area contributed by atoms with E-state index < -0.39 is 23.6 Å². The summed E-state index contributed by atoms with van der Waals surface area (Å²) in [4.78, 5) is 35.3. The minimum absolute atomic E-state index is 0.0781. The summed E-state index contributed by atoms with van der Waals surface area (Å²) in [6.07, 6.45) is -0.436. The molecule has 3 fully saturated rings. The van der Waals surface area contributed by atoms with Gasteiger partial charge in [-0.2, -0.15) is 0 Å². The van der Waals surface area contributed by atoms with Crippen LogP contribution in [0.15, 0.2) is 0 Å². The van der Waals surface area contributed by atoms with Gasteiger partial charge in [-0.05, 0) is 26.7 Å². The van der Waals surface area contributed by atoms with E-state index in [1.54, 1.807) is 0 Å². The Morgan fingerprint density at radius 3 is 2.72 bits per heavy atom. The Morgan fingerprint density at radius 2 is 2.00 bits per heavy atom. The van der Waals surface area contributed by atoms with E-state index in [0.29, 0.717) is 12.8 Å². The minimum atomic E-state index is -0.563. The van der Waals surface area contributed by atoms with Crippen molar-refractivity contribution in [2.24, 2.45) is 11.3 Å². The molecular formula is C17H24O8. The molecule has 0 aromatic rings. The lowest BCUT2D eigenvalue weighted by Crippen LogP contribution is -2.40. The average molecular weight is 356 g/mol. The van der Waals surface area contributed by atoms with Crippen molar-refractivity contribution in [1.82, 2.24) is 0 Å². The fourth-order valence-corrected chi connectivity index (χ4v) is 3.26. The van der Waals surface area contributed by atoms with E-state index >= 15 is 0 Å². The number of fused-ring (bicyclic) bond motifs is 1. The molecule has 0 aromatic carbocycles. The van der Waals surface area contributed by atoms with Gasteiger partial charge >= 0.3 is 17.9 Å². The van der Waals surface area contributed by atoms with Crippen molar-refractivity contribution in [3.63, 3.8) is 0 Å². The van der Waals surface area contributed by atoms with Crippen LogP contribution in [-0.2, 0) is 38.1 Å². The van der Waals surface area contributed by atoms with Crippen molar-refractivity contribution in [1.29, 1.82) is 0 Å². The Bertz CT molecular complexity index is 557. The van der Waals surface area contributed by atoms with Crippen LogP contribution in [0.25, 0.3) is 0 Å². The maximum absolute atomic E-state index is 11.9. The van der Waals surface area contributed by atoms with Crippen LogP contribution in [0, 0.1) is 11.3 Å². The molecule has 0 N–H and O–H groups in total. The standard InChI is InChI=1S/C17H24O8/c1-4-17(2,3)16(20)22-6-5-21-8-11(18)24-13-10-7-9-12(23-10)14(13)25-15(9)19/h9-10,12-14H,4-8H2,1-3H3. The summed E-state index contributed by atoms with van der Waals surface area (Å²) in [5, 5.41) is 0. The summed E-state index contributed by atoms with van der Waals surface area (Å²) < 4.78 is 26.5. The summed E-state index contributed by atoms with van der Waals surface area (Å²) >= 11 is 0. The molecule has 3 heterocycles. The SMILES string of the molecule is CCC(C)(C)C(=O)OCCOCC(=O)OC1C2CC3C(=O)OC1C3O2. The molecule has 8 nitrogen and oxygen atoms in total. The van der Waals surface area contributed by atoms with Crippen LogP contribution in [-0.4, -0.2) is 62.1 Å². The monoisotopic (exact) mass is 356 g/mol. The van der Waals surface area contributed by atoms with Gasteiger partial charge in [0.05, 0.1) is 24.0 Å². The van der Waals surface area contributed by atoms with Crippen molar-refractivity contribution >= 4 is 17.9 Å². The summed E-state index contributed by atoms with van der Waals surface area (Å²) in [6.45, 7) is 5.46. The van der Waals surface area contributed by atoms with E-state index in [1.165, 1.54) is 0 Å². The maximum atomic E-state index is 11.9. The van der Waals surface area contributed by atoms with Crippen molar-refractivity contribution < 1.29 is 38.1 Å².